The average Bonchev–Trinajstić information content (AvgIpc) is 2.49. The second-order valence-electron chi connectivity index (χ2n) is 4.09. The number of benzene rings is 1. The minimum atomic E-state index is -3.73. The van der Waals surface area contributed by atoms with Gasteiger partial charge in [0, 0.05) is 11.9 Å². The predicted octanol–water partition coefficient (Wildman–Crippen LogP) is 3.77. The molecule has 1 rings (SSSR count). The van der Waals surface area contributed by atoms with Gasteiger partial charge >= 0.3 is 13.6 Å². The van der Waals surface area contributed by atoms with Crippen molar-refractivity contribution in [2.75, 3.05) is 25.1 Å². The summed E-state index contributed by atoms with van der Waals surface area (Å²) in [6, 6.07) is 9.17. The smallest absolute Gasteiger partial charge is 0.370 e. The van der Waals surface area contributed by atoms with Crippen molar-refractivity contribution in [1.29, 1.82) is 0 Å². The lowest BCUT2D eigenvalue weighted by Gasteiger charge is -2.19. The van der Waals surface area contributed by atoms with E-state index < -0.39 is 13.6 Å². The summed E-state index contributed by atoms with van der Waals surface area (Å²) >= 11 is 0. The van der Waals surface area contributed by atoms with Gasteiger partial charge in [0.15, 0.2) is 5.31 Å². The Morgan fingerprint density at radius 1 is 1.09 bits per heavy atom. The summed E-state index contributed by atoms with van der Waals surface area (Å²) in [5.74, 6) is -0.726. The molecule has 0 aliphatic carbocycles. The number of hydrogen-bond acceptors (Lipinski definition) is 6. The number of nitrogens with one attached hydrogen (secondary N) is 1. The lowest BCUT2D eigenvalue weighted by Crippen LogP contribution is -2.13. The van der Waals surface area contributed by atoms with Crippen LogP contribution in [0.5, 0.6) is 0 Å². The first-order chi connectivity index (χ1) is 10.6. The third kappa shape index (κ3) is 5.30. The average molecular weight is 327 g/mol. The van der Waals surface area contributed by atoms with E-state index in [-0.39, 0.29) is 25.1 Å². The summed E-state index contributed by atoms with van der Waals surface area (Å²) in [6.45, 7) is 5.50. The molecule has 0 saturated heterocycles. The molecule has 0 saturated carbocycles. The van der Waals surface area contributed by atoms with Gasteiger partial charge in [0.2, 0.25) is 0 Å². The number of carbonyl (C=O) groups is 1. The van der Waals surface area contributed by atoms with E-state index in [0.717, 1.165) is 5.69 Å². The molecule has 22 heavy (non-hydrogen) atoms. The zero-order valence-corrected chi connectivity index (χ0v) is 14.0. The van der Waals surface area contributed by atoms with Crippen molar-refractivity contribution in [1.82, 2.24) is 0 Å². The number of ether oxygens (including phenoxy) is 1. The highest BCUT2D eigenvalue weighted by molar-refractivity contribution is 7.59. The predicted molar refractivity (Wildman–Crippen MR) is 85.6 cm³/mol. The molecule has 0 aliphatic rings. The summed E-state index contributed by atoms with van der Waals surface area (Å²) in [7, 11) is -3.73. The fourth-order valence-electron chi connectivity index (χ4n) is 1.66. The van der Waals surface area contributed by atoms with Crippen LogP contribution in [0.15, 0.2) is 41.8 Å². The van der Waals surface area contributed by atoms with Gasteiger partial charge in [-0.25, -0.2) is 4.79 Å². The van der Waals surface area contributed by atoms with E-state index in [0.29, 0.717) is 0 Å². The lowest BCUT2D eigenvalue weighted by atomic mass is 10.3. The van der Waals surface area contributed by atoms with Crippen LogP contribution in [-0.4, -0.2) is 25.8 Å². The maximum absolute atomic E-state index is 12.8. The number of esters is 1. The highest BCUT2D eigenvalue weighted by atomic mass is 31.2. The topological polar surface area (TPSA) is 73.9 Å². The minimum absolute atomic E-state index is 0.151. The van der Waals surface area contributed by atoms with E-state index in [2.05, 4.69) is 5.32 Å². The maximum Gasteiger partial charge on any atom is 0.370 e. The van der Waals surface area contributed by atoms with E-state index in [9.17, 15) is 9.36 Å². The van der Waals surface area contributed by atoms with Gasteiger partial charge in [-0.3, -0.25) is 4.57 Å². The Kier molecular flexibility index (Phi) is 7.88. The van der Waals surface area contributed by atoms with Crippen LogP contribution < -0.4 is 5.32 Å². The molecule has 0 aliphatic heterocycles. The minimum Gasteiger partial charge on any atom is -0.462 e. The molecule has 0 spiro atoms. The van der Waals surface area contributed by atoms with Crippen LogP contribution in [0.4, 0.5) is 5.69 Å². The molecule has 6 nitrogen and oxygen atoms in total. The fourth-order valence-corrected chi connectivity index (χ4v) is 3.20. The molecular formula is C15H22NO5P. The van der Waals surface area contributed by atoms with Gasteiger partial charge in [-0.1, -0.05) is 18.2 Å². The van der Waals surface area contributed by atoms with Gasteiger partial charge < -0.3 is 19.1 Å². The molecule has 0 radical (unpaired) electrons. The highest BCUT2D eigenvalue weighted by Gasteiger charge is 2.36. The lowest BCUT2D eigenvalue weighted by molar-refractivity contribution is -0.137. The van der Waals surface area contributed by atoms with Gasteiger partial charge in [0.25, 0.3) is 0 Å². The molecule has 122 valence electrons. The normalized spacial score (nSPS) is 12.0. The van der Waals surface area contributed by atoms with Crippen molar-refractivity contribution < 1.29 is 23.1 Å². The Morgan fingerprint density at radius 2 is 1.68 bits per heavy atom. The van der Waals surface area contributed by atoms with Gasteiger partial charge in [-0.15, -0.1) is 0 Å². The molecule has 0 amide bonds. The molecular weight excluding hydrogens is 305 g/mol. The molecule has 0 aromatic heterocycles. The van der Waals surface area contributed by atoms with Crippen molar-refractivity contribution >= 4 is 19.3 Å². The number of anilines is 1. The van der Waals surface area contributed by atoms with Crippen molar-refractivity contribution in [2.24, 2.45) is 0 Å². The summed E-state index contributed by atoms with van der Waals surface area (Å²) < 4.78 is 28.2. The van der Waals surface area contributed by atoms with Gasteiger partial charge in [-0.05, 0) is 32.9 Å². The van der Waals surface area contributed by atoms with Crippen molar-refractivity contribution in [3.8, 4) is 0 Å². The van der Waals surface area contributed by atoms with Crippen LogP contribution in [-0.2, 0) is 23.1 Å². The summed E-state index contributed by atoms with van der Waals surface area (Å²) in [5.41, 5.74) is 0.740. The number of carbonyl (C=O) groups excluding carboxylic acids is 1. The van der Waals surface area contributed by atoms with Crippen LogP contribution >= 0.6 is 7.60 Å². The molecule has 7 heteroatoms. The second-order valence-corrected chi connectivity index (χ2v) is 6.09. The molecule has 0 bridgehead atoms. The summed E-state index contributed by atoms with van der Waals surface area (Å²) in [5, 5.41) is 2.76. The Bertz CT molecular complexity index is 534. The zero-order chi connectivity index (χ0) is 16.4. The Hall–Kier alpha value is -1.62. The summed E-state index contributed by atoms with van der Waals surface area (Å²) in [6.07, 6.45) is 1.32. The van der Waals surface area contributed by atoms with Crippen LogP contribution in [0.2, 0.25) is 0 Å². The van der Waals surface area contributed by atoms with E-state index >= 15 is 0 Å². The van der Waals surface area contributed by atoms with Crippen LogP contribution in [0.3, 0.4) is 0 Å². The van der Waals surface area contributed by atoms with E-state index in [1.165, 1.54) is 6.20 Å². The van der Waals surface area contributed by atoms with Crippen LogP contribution in [0.25, 0.3) is 0 Å². The first-order valence-corrected chi connectivity index (χ1v) is 8.70. The third-order valence-corrected chi connectivity index (χ3v) is 4.63. The first kappa shape index (κ1) is 18.4. The Balaban J connectivity index is 3.10. The highest BCUT2D eigenvalue weighted by Crippen LogP contribution is 2.56. The molecule has 1 aromatic rings. The monoisotopic (exact) mass is 327 g/mol. The molecule has 0 unspecified atom stereocenters. The summed E-state index contributed by atoms with van der Waals surface area (Å²) in [4.78, 5) is 12.1. The Morgan fingerprint density at radius 3 is 2.18 bits per heavy atom. The van der Waals surface area contributed by atoms with E-state index in [1.54, 1.807) is 20.8 Å². The number of hydrogen-bond donors (Lipinski definition) is 1. The molecule has 1 aromatic carbocycles. The fraction of sp³-hybridized carbons (Fsp3) is 0.400. The SMILES string of the molecule is CCOC(=O)/C(=C\Nc1ccccc1)P(=O)(OCC)OCC. The second kappa shape index (κ2) is 9.41. The van der Waals surface area contributed by atoms with Crippen molar-refractivity contribution in [2.45, 2.75) is 20.8 Å². The standard InChI is InChI=1S/C15H22NO5P/c1-4-19-15(17)14(22(18,20-5-2)21-6-3)12-16-13-10-8-7-9-11-13/h7-12,16H,4-6H2,1-3H3/b14-12+. The molecule has 0 fully saturated rings. The van der Waals surface area contributed by atoms with Gasteiger partial charge in [-0.2, -0.15) is 0 Å². The van der Waals surface area contributed by atoms with Gasteiger partial charge in [0.1, 0.15) is 0 Å². The quantitative estimate of drug-likeness (QED) is 0.423. The van der Waals surface area contributed by atoms with Crippen LogP contribution in [0, 0.1) is 0 Å². The number of rotatable bonds is 9. The molecule has 0 heterocycles. The first-order valence-electron chi connectivity index (χ1n) is 7.15. The maximum atomic E-state index is 12.8. The van der Waals surface area contributed by atoms with Crippen LogP contribution in [0.1, 0.15) is 20.8 Å². The third-order valence-electron chi connectivity index (χ3n) is 2.53. The zero-order valence-electron chi connectivity index (χ0n) is 13.1. The van der Waals surface area contributed by atoms with Gasteiger partial charge in [0.05, 0.1) is 19.8 Å². The van der Waals surface area contributed by atoms with E-state index in [1.807, 2.05) is 30.3 Å². The van der Waals surface area contributed by atoms with Crippen molar-refractivity contribution in [3.05, 3.63) is 41.8 Å². The van der Waals surface area contributed by atoms with Crippen molar-refractivity contribution in [3.63, 3.8) is 0 Å². The molecule has 0 atom stereocenters. The van der Waals surface area contributed by atoms with E-state index in [4.69, 9.17) is 13.8 Å². The largest absolute Gasteiger partial charge is 0.462 e. The molecule has 1 N–H and O–H groups in total. The number of para-hydroxylation sites is 1. The Labute approximate surface area is 131 Å².